The highest BCUT2D eigenvalue weighted by atomic mass is 127. The number of rotatable bonds is 4. The van der Waals surface area contributed by atoms with Gasteiger partial charge in [0.25, 0.3) is 0 Å². The molecule has 0 saturated heterocycles. The van der Waals surface area contributed by atoms with Crippen molar-refractivity contribution in [2.75, 3.05) is 0 Å². The Labute approximate surface area is 122 Å². The monoisotopic (exact) mass is 366 g/mol. The molecule has 0 bridgehead atoms. The second-order valence-corrected chi connectivity index (χ2v) is 12.2. The first-order chi connectivity index (χ1) is 7.78. The molecular formula is C14H27IOSi. The summed E-state index contributed by atoms with van der Waals surface area (Å²) >= 11 is 2.32. The summed E-state index contributed by atoms with van der Waals surface area (Å²) in [5, 5.41) is 0.308. The molecule has 0 radical (unpaired) electrons. The fourth-order valence-corrected chi connectivity index (χ4v) is 3.88. The molecule has 0 aromatic heterocycles. The van der Waals surface area contributed by atoms with Crippen LogP contribution in [0.1, 0.15) is 46.5 Å². The van der Waals surface area contributed by atoms with Gasteiger partial charge in [0.15, 0.2) is 8.32 Å². The Balaban J connectivity index is 2.72. The highest BCUT2D eigenvalue weighted by molar-refractivity contribution is 14.1. The van der Waals surface area contributed by atoms with Gasteiger partial charge in [-0.15, -0.1) is 0 Å². The second-order valence-electron chi connectivity index (χ2n) is 6.71. The Hall–Kier alpha value is 0.647. The van der Waals surface area contributed by atoms with E-state index in [9.17, 15) is 0 Å². The van der Waals surface area contributed by atoms with Crippen LogP contribution in [0.3, 0.4) is 0 Å². The van der Waals surface area contributed by atoms with Crippen LogP contribution in [0.25, 0.3) is 0 Å². The maximum Gasteiger partial charge on any atom is 0.192 e. The maximum absolute atomic E-state index is 6.57. The van der Waals surface area contributed by atoms with E-state index in [0.717, 1.165) is 5.92 Å². The molecule has 0 aliphatic heterocycles. The van der Waals surface area contributed by atoms with Crippen molar-refractivity contribution in [2.24, 2.45) is 5.92 Å². The third kappa shape index (κ3) is 4.35. The van der Waals surface area contributed by atoms with Crippen LogP contribution in [0.15, 0.2) is 10.2 Å². The zero-order chi connectivity index (χ0) is 13.1. The molecule has 0 spiro atoms. The summed E-state index contributed by atoms with van der Waals surface area (Å²) in [4.78, 5) is 0. The lowest BCUT2D eigenvalue weighted by Gasteiger charge is -2.40. The van der Waals surface area contributed by atoms with Gasteiger partial charge in [-0.25, -0.2) is 0 Å². The van der Waals surface area contributed by atoms with E-state index >= 15 is 0 Å². The number of hydrogen-bond donors (Lipinski definition) is 0. The summed E-state index contributed by atoms with van der Waals surface area (Å²) in [5.41, 5.74) is 0. The summed E-state index contributed by atoms with van der Waals surface area (Å²) in [6, 6.07) is 0. The largest absolute Gasteiger partial charge is 0.410 e. The van der Waals surface area contributed by atoms with Crippen LogP contribution in [0.4, 0.5) is 0 Å². The van der Waals surface area contributed by atoms with Gasteiger partial charge in [0.1, 0.15) is 0 Å². The van der Waals surface area contributed by atoms with E-state index in [1.165, 1.54) is 25.7 Å². The molecule has 0 aromatic rings. The van der Waals surface area contributed by atoms with Crippen LogP contribution in [0.2, 0.25) is 18.1 Å². The average Bonchev–Trinajstić information content (AvgIpc) is 2.67. The number of hydrogen-bond acceptors (Lipinski definition) is 1. The summed E-state index contributed by atoms with van der Waals surface area (Å²) in [6.45, 7) is 11.7. The molecule has 0 N–H and O–H groups in total. The first-order valence-corrected chi connectivity index (χ1v) is 10.9. The molecule has 0 aromatic carbocycles. The van der Waals surface area contributed by atoms with E-state index in [1.54, 1.807) is 0 Å². The van der Waals surface area contributed by atoms with Crippen molar-refractivity contribution < 1.29 is 4.43 Å². The van der Waals surface area contributed by atoms with Crippen molar-refractivity contribution in [3.05, 3.63) is 10.2 Å². The molecule has 1 fully saturated rings. The standard InChI is InChI=1S/C14H27IOSi/c1-14(2,3)17(4,5)16-13(10-11-15)12-8-6-7-9-12/h10-13H,6-9H2,1-5H3/t13-/m1/s1. The fourth-order valence-electron chi connectivity index (χ4n) is 2.17. The Kier molecular flexibility index (Phi) is 5.72. The molecule has 1 aliphatic rings. The third-order valence-electron chi connectivity index (χ3n) is 4.36. The van der Waals surface area contributed by atoms with Crippen LogP contribution in [0.5, 0.6) is 0 Å². The minimum absolute atomic E-state index is 0.308. The van der Waals surface area contributed by atoms with Gasteiger partial charge < -0.3 is 4.43 Å². The van der Waals surface area contributed by atoms with Gasteiger partial charge in [-0.3, -0.25) is 0 Å². The molecule has 1 aliphatic carbocycles. The van der Waals surface area contributed by atoms with E-state index in [1.807, 2.05) is 0 Å². The minimum Gasteiger partial charge on any atom is -0.410 e. The van der Waals surface area contributed by atoms with E-state index < -0.39 is 8.32 Å². The lowest BCUT2D eigenvalue weighted by Crippen LogP contribution is -2.45. The third-order valence-corrected chi connectivity index (χ3v) is 9.25. The van der Waals surface area contributed by atoms with Crippen molar-refractivity contribution in [3.8, 4) is 0 Å². The van der Waals surface area contributed by atoms with Crippen molar-refractivity contribution in [2.45, 2.75) is 70.7 Å². The maximum atomic E-state index is 6.57. The van der Waals surface area contributed by atoms with Crippen molar-refractivity contribution in [1.29, 1.82) is 0 Å². The Morgan fingerprint density at radius 2 is 1.76 bits per heavy atom. The lowest BCUT2D eigenvalue weighted by atomic mass is 10.0. The Bertz CT molecular complexity index is 262. The highest BCUT2D eigenvalue weighted by Gasteiger charge is 2.40. The minimum atomic E-state index is -1.63. The van der Waals surface area contributed by atoms with E-state index in [0.29, 0.717) is 11.1 Å². The normalized spacial score (nSPS) is 21.3. The Morgan fingerprint density at radius 3 is 2.18 bits per heavy atom. The molecule has 1 rings (SSSR count). The average molecular weight is 366 g/mol. The first kappa shape index (κ1) is 15.7. The molecule has 3 heteroatoms. The fraction of sp³-hybridized carbons (Fsp3) is 0.857. The van der Waals surface area contributed by atoms with Crippen molar-refractivity contribution in [3.63, 3.8) is 0 Å². The topological polar surface area (TPSA) is 9.23 Å². The molecule has 0 heterocycles. The molecule has 100 valence electrons. The zero-order valence-corrected chi connectivity index (χ0v) is 15.1. The van der Waals surface area contributed by atoms with Crippen molar-refractivity contribution in [1.82, 2.24) is 0 Å². The van der Waals surface area contributed by atoms with E-state index in [4.69, 9.17) is 4.43 Å². The molecule has 1 nitrogen and oxygen atoms in total. The van der Waals surface area contributed by atoms with Crippen LogP contribution in [-0.4, -0.2) is 14.4 Å². The molecule has 17 heavy (non-hydrogen) atoms. The molecular weight excluding hydrogens is 339 g/mol. The first-order valence-electron chi connectivity index (χ1n) is 6.72. The summed E-state index contributed by atoms with van der Waals surface area (Å²) in [7, 11) is -1.63. The van der Waals surface area contributed by atoms with Gasteiger partial charge in [-0.1, -0.05) is 62.3 Å². The smallest absolute Gasteiger partial charge is 0.192 e. The Morgan fingerprint density at radius 1 is 1.24 bits per heavy atom. The quantitative estimate of drug-likeness (QED) is 0.470. The zero-order valence-electron chi connectivity index (χ0n) is 11.9. The van der Waals surface area contributed by atoms with Gasteiger partial charge >= 0.3 is 0 Å². The lowest BCUT2D eigenvalue weighted by molar-refractivity contribution is 0.162. The summed E-state index contributed by atoms with van der Waals surface area (Å²) < 4.78 is 8.71. The second kappa shape index (κ2) is 6.20. The van der Waals surface area contributed by atoms with E-state index in [2.05, 4.69) is 66.6 Å². The van der Waals surface area contributed by atoms with Gasteiger partial charge in [-0.05, 0) is 41.0 Å². The van der Waals surface area contributed by atoms with Crippen LogP contribution < -0.4 is 0 Å². The van der Waals surface area contributed by atoms with Gasteiger partial charge in [0.2, 0.25) is 0 Å². The van der Waals surface area contributed by atoms with E-state index in [-0.39, 0.29) is 0 Å². The van der Waals surface area contributed by atoms with Crippen LogP contribution >= 0.6 is 22.6 Å². The van der Waals surface area contributed by atoms with Gasteiger partial charge in [-0.2, -0.15) is 0 Å². The predicted molar refractivity (Wildman–Crippen MR) is 87.2 cm³/mol. The van der Waals surface area contributed by atoms with Gasteiger partial charge in [0.05, 0.1) is 6.10 Å². The number of halogens is 1. The van der Waals surface area contributed by atoms with Crippen molar-refractivity contribution >= 4 is 30.9 Å². The SMILES string of the molecule is CC(C)(C)[Si](C)(C)O[C@H](C=CI)C1CCCC1. The predicted octanol–water partition coefficient (Wildman–Crippen LogP) is 5.52. The molecule has 0 amide bonds. The molecule has 1 atom stereocenters. The summed E-state index contributed by atoms with van der Waals surface area (Å²) in [6.07, 6.45) is 8.10. The van der Waals surface area contributed by atoms with Crippen LogP contribution in [0, 0.1) is 5.92 Å². The van der Waals surface area contributed by atoms with Gasteiger partial charge in [0, 0.05) is 0 Å². The molecule has 1 saturated carbocycles. The van der Waals surface area contributed by atoms with Crippen LogP contribution in [-0.2, 0) is 4.43 Å². The summed E-state index contributed by atoms with van der Waals surface area (Å²) in [5.74, 6) is 0.759. The molecule has 0 unspecified atom stereocenters. The highest BCUT2D eigenvalue weighted by Crippen LogP contribution is 2.40.